The van der Waals surface area contributed by atoms with Gasteiger partial charge in [0.05, 0.1) is 4.88 Å². The number of hydrogen-bond acceptors (Lipinski definition) is 6. The molecule has 5 rings (SSSR count). The summed E-state index contributed by atoms with van der Waals surface area (Å²) in [5, 5.41) is 4.15. The summed E-state index contributed by atoms with van der Waals surface area (Å²) in [6, 6.07) is 25.0. The van der Waals surface area contributed by atoms with Gasteiger partial charge in [-0.05, 0) is 87.5 Å². The van der Waals surface area contributed by atoms with Crippen molar-refractivity contribution >= 4 is 40.6 Å². The number of thiazole rings is 1. The summed E-state index contributed by atoms with van der Waals surface area (Å²) in [5.41, 5.74) is 5.42. The number of nitrogens with one attached hydrogen (secondary N) is 2. The van der Waals surface area contributed by atoms with Gasteiger partial charge in [-0.3, -0.25) is 9.52 Å². The maximum atomic E-state index is 13.4. The number of hydrogen-bond donors (Lipinski definition) is 2. The van der Waals surface area contributed by atoms with Gasteiger partial charge in [0.1, 0.15) is 5.01 Å². The van der Waals surface area contributed by atoms with Crippen LogP contribution in [0.25, 0.3) is 21.0 Å². The Kier molecular flexibility index (Phi) is 7.88. The first-order valence-electron chi connectivity index (χ1n) is 13.0. The fourth-order valence-corrected chi connectivity index (χ4v) is 6.48. The predicted molar refractivity (Wildman–Crippen MR) is 162 cm³/mol. The lowest BCUT2D eigenvalue weighted by Crippen LogP contribution is -2.30. The van der Waals surface area contributed by atoms with E-state index < -0.39 is 0 Å². The van der Waals surface area contributed by atoms with Gasteiger partial charge in [0.2, 0.25) is 5.91 Å². The number of nitrogens with zero attached hydrogens (tertiary/aromatic N) is 2. The summed E-state index contributed by atoms with van der Waals surface area (Å²) in [6.45, 7) is 7.21. The molecule has 1 aliphatic rings. The molecule has 1 unspecified atom stereocenters. The molecule has 2 heterocycles. The zero-order valence-electron chi connectivity index (χ0n) is 22.3. The minimum atomic E-state index is -0.0594. The molecular formula is C31H34N4OS2. The number of amides is 1. The number of benzene rings is 3. The third-order valence-electron chi connectivity index (χ3n) is 6.58. The van der Waals surface area contributed by atoms with Crippen LogP contribution in [0.2, 0.25) is 0 Å². The van der Waals surface area contributed by atoms with Crippen molar-refractivity contribution in [2.45, 2.75) is 44.0 Å². The highest BCUT2D eigenvalue weighted by Crippen LogP contribution is 2.40. The molecule has 1 amide bonds. The van der Waals surface area contributed by atoms with E-state index >= 15 is 0 Å². The van der Waals surface area contributed by atoms with Crippen LogP contribution in [0.15, 0.2) is 83.9 Å². The second kappa shape index (κ2) is 11.3. The highest BCUT2D eigenvalue weighted by molar-refractivity contribution is 7.97. The van der Waals surface area contributed by atoms with Gasteiger partial charge in [-0.1, -0.05) is 36.4 Å². The van der Waals surface area contributed by atoms with E-state index in [0.29, 0.717) is 0 Å². The number of anilines is 2. The zero-order chi connectivity index (χ0) is 26.7. The Bertz CT molecular complexity index is 1390. The first kappa shape index (κ1) is 26.5. The molecule has 1 saturated heterocycles. The van der Waals surface area contributed by atoms with E-state index in [-0.39, 0.29) is 17.4 Å². The predicted octanol–water partition coefficient (Wildman–Crippen LogP) is 7.51. The Morgan fingerprint density at radius 3 is 2.53 bits per heavy atom. The van der Waals surface area contributed by atoms with Crippen molar-refractivity contribution in [3.63, 3.8) is 0 Å². The summed E-state index contributed by atoms with van der Waals surface area (Å²) in [4.78, 5) is 22.3. The van der Waals surface area contributed by atoms with Crippen molar-refractivity contribution in [3.05, 3.63) is 84.6 Å². The summed E-state index contributed by atoms with van der Waals surface area (Å²) >= 11 is 3.31. The van der Waals surface area contributed by atoms with E-state index in [2.05, 4.69) is 85.4 Å². The number of carbonyl (C=O) groups excluding carboxylic acids is 1. The molecule has 1 atom stereocenters. The molecular weight excluding hydrogens is 509 g/mol. The number of aromatic nitrogens is 1. The normalized spacial score (nSPS) is 15.7. The van der Waals surface area contributed by atoms with E-state index in [4.69, 9.17) is 4.98 Å². The Morgan fingerprint density at radius 1 is 1.05 bits per heavy atom. The molecule has 0 spiro atoms. The van der Waals surface area contributed by atoms with Crippen LogP contribution < -0.4 is 14.9 Å². The lowest BCUT2D eigenvalue weighted by Gasteiger charge is -2.22. The Balaban J connectivity index is 1.41. The monoisotopic (exact) mass is 542 g/mol. The lowest BCUT2D eigenvalue weighted by molar-refractivity contribution is -0.120. The van der Waals surface area contributed by atoms with Crippen molar-refractivity contribution in [1.29, 1.82) is 0 Å². The summed E-state index contributed by atoms with van der Waals surface area (Å²) in [6.07, 6.45) is 3.63. The molecule has 2 N–H and O–H groups in total. The van der Waals surface area contributed by atoms with Crippen molar-refractivity contribution in [1.82, 2.24) is 9.71 Å². The number of rotatable bonds is 8. The highest BCUT2D eigenvalue weighted by atomic mass is 32.2. The maximum absolute atomic E-state index is 13.4. The summed E-state index contributed by atoms with van der Waals surface area (Å²) in [5.74, 6) is 0.241. The van der Waals surface area contributed by atoms with Crippen LogP contribution in [0.5, 0.6) is 0 Å². The Labute approximate surface area is 233 Å². The molecule has 0 radical (unpaired) electrons. The van der Waals surface area contributed by atoms with Crippen molar-refractivity contribution < 1.29 is 4.79 Å². The van der Waals surface area contributed by atoms with E-state index in [1.165, 1.54) is 5.56 Å². The van der Waals surface area contributed by atoms with Crippen LogP contribution in [-0.2, 0) is 11.2 Å². The van der Waals surface area contributed by atoms with Gasteiger partial charge < -0.3 is 10.2 Å². The van der Waals surface area contributed by atoms with Crippen LogP contribution in [0.1, 0.15) is 32.8 Å². The molecule has 3 aromatic carbocycles. The van der Waals surface area contributed by atoms with E-state index in [1.54, 1.807) is 23.3 Å². The van der Waals surface area contributed by atoms with Crippen molar-refractivity contribution in [3.8, 4) is 21.0 Å². The van der Waals surface area contributed by atoms with Crippen LogP contribution >= 0.6 is 23.3 Å². The number of carbonyl (C=O) groups is 1. The SMILES string of the molecule is CNc1ccc(-c2ncc(-c3ccc(N4CCC(Cc5ccccc5)C4=O)cc3SNC(C)(C)C)s2)cc1. The summed E-state index contributed by atoms with van der Waals surface area (Å²) < 4.78 is 3.56. The molecule has 1 aliphatic heterocycles. The van der Waals surface area contributed by atoms with Crippen molar-refractivity contribution in [2.24, 2.45) is 5.92 Å². The molecule has 38 heavy (non-hydrogen) atoms. The Hall–Kier alpha value is -3.13. The largest absolute Gasteiger partial charge is 0.388 e. The minimum absolute atomic E-state index is 0.0271. The lowest BCUT2D eigenvalue weighted by atomic mass is 9.98. The molecule has 0 aliphatic carbocycles. The van der Waals surface area contributed by atoms with Gasteiger partial charge in [-0.15, -0.1) is 11.3 Å². The highest BCUT2D eigenvalue weighted by Gasteiger charge is 2.33. The van der Waals surface area contributed by atoms with Crippen LogP contribution in [0, 0.1) is 5.92 Å². The van der Waals surface area contributed by atoms with E-state index in [1.807, 2.05) is 36.3 Å². The third-order valence-corrected chi connectivity index (χ3v) is 8.93. The fourth-order valence-electron chi connectivity index (χ4n) is 4.57. The van der Waals surface area contributed by atoms with Crippen LogP contribution in [0.3, 0.4) is 0 Å². The van der Waals surface area contributed by atoms with Crippen LogP contribution in [-0.4, -0.2) is 30.0 Å². The molecule has 1 aromatic heterocycles. The van der Waals surface area contributed by atoms with Gasteiger partial charge in [-0.25, -0.2) is 4.98 Å². The summed E-state index contributed by atoms with van der Waals surface area (Å²) in [7, 11) is 1.92. The molecule has 0 saturated carbocycles. The van der Waals surface area contributed by atoms with Crippen molar-refractivity contribution in [2.75, 3.05) is 23.8 Å². The second-order valence-corrected chi connectivity index (χ2v) is 12.5. The van der Waals surface area contributed by atoms with Gasteiger partial charge in [0.15, 0.2) is 0 Å². The maximum Gasteiger partial charge on any atom is 0.230 e. The van der Waals surface area contributed by atoms with E-state index in [0.717, 1.165) is 56.7 Å². The Morgan fingerprint density at radius 2 is 1.82 bits per heavy atom. The second-order valence-electron chi connectivity index (χ2n) is 10.7. The smallest absolute Gasteiger partial charge is 0.230 e. The van der Waals surface area contributed by atoms with Gasteiger partial charge in [0.25, 0.3) is 0 Å². The first-order valence-corrected chi connectivity index (χ1v) is 14.6. The average Bonchev–Trinajstić information content (AvgIpc) is 3.55. The minimum Gasteiger partial charge on any atom is -0.388 e. The molecule has 196 valence electrons. The molecule has 0 bridgehead atoms. The molecule has 5 nitrogen and oxygen atoms in total. The fraction of sp³-hybridized carbons (Fsp3) is 0.290. The quantitative estimate of drug-likeness (QED) is 0.226. The van der Waals surface area contributed by atoms with Gasteiger partial charge in [0, 0.05) is 58.6 Å². The zero-order valence-corrected chi connectivity index (χ0v) is 24.0. The third kappa shape index (κ3) is 6.12. The average molecular weight is 543 g/mol. The molecule has 7 heteroatoms. The van der Waals surface area contributed by atoms with E-state index in [9.17, 15) is 4.79 Å². The van der Waals surface area contributed by atoms with Gasteiger partial charge in [-0.2, -0.15) is 0 Å². The molecule has 1 fully saturated rings. The first-order chi connectivity index (χ1) is 18.3. The van der Waals surface area contributed by atoms with Crippen LogP contribution in [0.4, 0.5) is 11.4 Å². The standard InChI is InChI=1S/C31H34N4OS2/c1-31(2,3)34-38-27-19-25(35-17-16-23(30(35)36)18-21-8-6-5-7-9-21)14-15-26(27)28-20-33-29(37-28)22-10-12-24(32-4)13-11-22/h5-15,19-20,23,32,34H,16-18H2,1-4H3. The molecule has 4 aromatic rings. The van der Waals surface area contributed by atoms with Gasteiger partial charge >= 0.3 is 0 Å². The topological polar surface area (TPSA) is 57.3 Å².